The average molecular weight is 468 g/mol. The molecule has 0 atom stereocenters. The molecule has 0 fully saturated rings. The van der Waals surface area contributed by atoms with Gasteiger partial charge >= 0.3 is 0 Å². The van der Waals surface area contributed by atoms with Crippen LogP contribution >= 0.6 is 0 Å². The Morgan fingerprint density at radius 2 is 1.97 bits per heavy atom. The highest BCUT2D eigenvalue weighted by Gasteiger charge is 2.14. The summed E-state index contributed by atoms with van der Waals surface area (Å²) in [6.07, 6.45) is 9.32. The Labute approximate surface area is 202 Å². The number of hydrogen-bond acceptors (Lipinski definition) is 6. The summed E-state index contributed by atoms with van der Waals surface area (Å²) in [5.41, 5.74) is 11.1. The van der Waals surface area contributed by atoms with Crippen molar-refractivity contribution in [3.63, 3.8) is 0 Å². The van der Waals surface area contributed by atoms with Gasteiger partial charge in [0.1, 0.15) is 0 Å². The number of hydrogen-bond donors (Lipinski definition) is 2. The van der Waals surface area contributed by atoms with E-state index in [2.05, 4.69) is 26.4 Å². The van der Waals surface area contributed by atoms with Crippen LogP contribution in [0.15, 0.2) is 73.6 Å². The molecule has 3 N–H and O–H groups in total. The third-order valence-corrected chi connectivity index (χ3v) is 5.82. The number of anilines is 1. The van der Waals surface area contributed by atoms with Gasteiger partial charge in [0.15, 0.2) is 0 Å². The monoisotopic (exact) mass is 467 g/mol. The Kier molecular flexibility index (Phi) is 5.99. The summed E-state index contributed by atoms with van der Waals surface area (Å²) in [4.78, 5) is 21.2. The first-order valence-corrected chi connectivity index (χ1v) is 11.1. The van der Waals surface area contributed by atoms with Crippen LogP contribution in [0, 0.1) is 0 Å². The van der Waals surface area contributed by atoms with Crippen LogP contribution < -0.4 is 11.1 Å². The van der Waals surface area contributed by atoms with Gasteiger partial charge in [-0.25, -0.2) is 4.98 Å². The molecule has 5 aromatic rings. The molecular weight excluding hydrogens is 442 g/mol. The van der Waals surface area contributed by atoms with E-state index in [-0.39, 0.29) is 0 Å². The number of pyridine rings is 1. The molecule has 1 amide bonds. The van der Waals surface area contributed by atoms with Crippen LogP contribution in [0.4, 0.5) is 5.69 Å². The molecular formula is C26H25N7O2. The molecule has 176 valence electrons. The summed E-state index contributed by atoms with van der Waals surface area (Å²) in [5, 5.41) is 9.48. The van der Waals surface area contributed by atoms with E-state index in [1.54, 1.807) is 36.6 Å². The number of aromatic nitrogens is 5. The van der Waals surface area contributed by atoms with Crippen molar-refractivity contribution < 1.29 is 9.53 Å². The molecule has 9 heteroatoms. The number of carbonyl (C=O) groups excluding carboxylic acids is 1. The number of fused-ring (bicyclic) bond motifs is 1. The van der Waals surface area contributed by atoms with Crippen LogP contribution in [-0.4, -0.2) is 50.5 Å². The molecule has 5 rings (SSSR count). The van der Waals surface area contributed by atoms with Gasteiger partial charge in [-0.1, -0.05) is 18.2 Å². The number of ether oxygens (including phenoxy) is 1. The largest absolute Gasteiger partial charge is 0.383 e. The van der Waals surface area contributed by atoms with E-state index in [9.17, 15) is 4.79 Å². The number of benzene rings is 2. The number of carbonyl (C=O) groups is 1. The minimum atomic E-state index is -0.492. The zero-order valence-corrected chi connectivity index (χ0v) is 19.5. The van der Waals surface area contributed by atoms with Crippen molar-refractivity contribution in [1.29, 1.82) is 0 Å². The summed E-state index contributed by atoms with van der Waals surface area (Å²) in [6, 6.07) is 13.6. The lowest BCUT2D eigenvalue weighted by Crippen LogP contribution is -2.16. The zero-order chi connectivity index (χ0) is 24.4. The van der Waals surface area contributed by atoms with E-state index in [1.807, 2.05) is 54.3 Å². The maximum atomic E-state index is 11.9. The predicted molar refractivity (Wildman–Crippen MR) is 135 cm³/mol. The fourth-order valence-electron chi connectivity index (χ4n) is 4.14. The van der Waals surface area contributed by atoms with Crippen molar-refractivity contribution in [2.45, 2.75) is 0 Å². The Morgan fingerprint density at radius 3 is 2.74 bits per heavy atom. The van der Waals surface area contributed by atoms with Crippen molar-refractivity contribution in [1.82, 2.24) is 24.3 Å². The van der Waals surface area contributed by atoms with Crippen LogP contribution in [0.25, 0.3) is 39.0 Å². The molecule has 9 nitrogen and oxygen atoms in total. The molecule has 0 radical (unpaired) electrons. The lowest BCUT2D eigenvalue weighted by molar-refractivity contribution is 0.100. The Morgan fingerprint density at radius 1 is 1.09 bits per heavy atom. The van der Waals surface area contributed by atoms with Gasteiger partial charge < -0.3 is 20.4 Å². The number of primary amides is 1. The highest BCUT2D eigenvalue weighted by atomic mass is 16.5. The van der Waals surface area contributed by atoms with Crippen molar-refractivity contribution >= 4 is 22.4 Å². The van der Waals surface area contributed by atoms with Crippen LogP contribution in [0.1, 0.15) is 10.4 Å². The summed E-state index contributed by atoms with van der Waals surface area (Å²) in [6.45, 7) is 1.05. The van der Waals surface area contributed by atoms with Gasteiger partial charge in [-0.2, -0.15) is 5.10 Å². The number of nitrogens with zero attached hydrogens (tertiary/aromatic N) is 5. The van der Waals surface area contributed by atoms with Crippen LogP contribution in [-0.2, 0) is 11.8 Å². The van der Waals surface area contributed by atoms with Crippen molar-refractivity contribution in [2.75, 3.05) is 25.6 Å². The number of methoxy groups -OCH3 is 1. The maximum Gasteiger partial charge on any atom is 0.250 e. The molecule has 0 saturated carbocycles. The molecule has 0 aliphatic carbocycles. The normalized spacial score (nSPS) is 11.1. The second-order valence-corrected chi connectivity index (χ2v) is 8.14. The van der Waals surface area contributed by atoms with E-state index in [0.717, 1.165) is 39.0 Å². The number of rotatable bonds is 8. The molecule has 0 saturated heterocycles. The first kappa shape index (κ1) is 22.3. The fourth-order valence-corrected chi connectivity index (χ4v) is 4.14. The number of aryl methyl sites for hydroxylation is 1. The van der Waals surface area contributed by atoms with Gasteiger partial charge in [0, 0.05) is 66.9 Å². The molecule has 0 unspecified atom stereocenters. The molecule has 2 aromatic carbocycles. The Hall–Kier alpha value is -4.50. The van der Waals surface area contributed by atoms with E-state index < -0.39 is 5.91 Å². The first-order chi connectivity index (χ1) is 17.0. The third-order valence-electron chi connectivity index (χ3n) is 5.82. The van der Waals surface area contributed by atoms with Gasteiger partial charge in [0.05, 0.1) is 41.8 Å². The molecule has 0 aliphatic heterocycles. The fraction of sp³-hybridized carbons (Fsp3) is 0.154. The highest BCUT2D eigenvalue weighted by Crippen LogP contribution is 2.32. The van der Waals surface area contributed by atoms with Crippen LogP contribution in [0.2, 0.25) is 0 Å². The number of nitrogens with one attached hydrogen (secondary N) is 1. The van der Waals surface area contributed by atoms with Gasteiger partial charge in [-0.3, -0.25) is 14.5 Å². The van der Waals surface area contributed by atoms with Gasteiger partial charge in [-0.05, 0) is 24.3 Å². The van der Waals surface area contributed by atoms with E-state index >= 15 is 0 Å². The van der Waals surface area contributed by atoms with E-state index in [1.165, 1.54) is 0 Å². The molecule has 3 aromatic heterocycles. The third kappa shape index (κ3) is 4.36. The van der Waals surface area contributed by atoms with Crippen molar-refractivity contribution in [3.8, 4) is 28.2 Å². The van der Waals surface area contributed by atoms with Crippen molar-refractivity contribution in [2.24, 2.45) is 12.8 Å². The number of nitrogens with two attached hydrogens (primary N) is 1. The maximum absolute atomic E-state index is 11.9. The minimum absolute atomic E-state index is 0.423. The minimum Gasteiger partial charge on any atom is -0.383 e. The predicted octanol–water partition coefficient (Wildman–Crippen LogP) is 3.65. The summed E-state index contributed by atoms with van der Waals surface area (Å²) in [7, 11) is 3.51. The smallest absolute Gasteiger partial charge is 0.250 e. The van der Waals surface area contributed by atoms with Crippen LogP contribution in [0.5, 0.6) is 0 Å². The lowest BCUT2D eigenvalue weighted by Gasteiger charge is -2.14. The van der Waals surface area contributed by atoms with Crippen LogP contribution in [0.3, 0.4) is 0 Å². The average Bonchev–Trinajstić information content (AvgIpc) is 3.52. The molecule has 35 heavy (non-hydrogen) atoms. The zero-order valence-electron chi connectivity index (χ0n) is 19.5. The van der Waals surface area contributed by atoms with Gasteiger partial charge in [-0.15, -0.1) is 0 Å². The summed E-state index contributed by atoms with van der Waals surface area (Å²) in [5.74, 6) is -0.492. The van der Waals surface area contributed by atoms with Gasteiger partial charge in [0.2, 0.25) is 0 Å². The summed E-state index contributed by atoms with van der Waals surface area (Å²) >= 11 is 0. The first-order valence-electron chi connectivity index (χ1n) is 11.1. The number of amides is 1. The highest BCUT2D eigenvalue weighted by molar-refractivity contribution is 6.02. The topological polar surface area (TPSA) is 113 Å². The lowest BCUT2D eigenvalue weighted by atomic mass is 10.0. The molecule has 0 spiro atoms. The number of imidazole rings is 1. The quantitative estimate of drug-likeness (QED) is 0.337. The Bertz CT molecular complexity index is 1520. The standard InChI is InChI=1S/C26H25N7O2/c1-32-14-18(13-31-32)23-15-33(16-30-23)24-5-3-4-20-19(24)8-9-29-25(20)17-6-7-21(26(27)34)22(12-17)28-10-11-35-2/h3-9,12-16,28H,10-11H2,1-2H3,(H2,27,34). The molecule has 0 bridgehead atoms. The Balaban J connectivity index is 1.57. The van der Waals surface area contributed by atoms with Gasteiger partial charge in [0.25, 0.3) is 5.91 Å². The van der Waals surface area contributed by atoms with Crippen molar-refractivity contribution in [3.05, 3.63) is 79.1 Å². The second kappa shape index (κ2) is 9.40. The summed E-state index contributed by atoms with van der Waals surface area (Å²) < 4.78 is 8.88. The molecule has 3 heterocycles. The van der Waals surface area contributed by atoms with E-state index in [4.69, 9.17) is 10.5 Å². The SMILES string of the molecule is COCCNc1cc(-c2nccc3c(-n4cnc(-c5cnn(C)c5)c4)cccc23)ccc1C(N)=O. The van der Waals surface area contributed by atoms with E-state index in [0.29, 0.717) is 24.4 Å². The second-order valence-electron chi connectivity index (χ2n) is 8.14. The molecule has 0 aliphatic rings.